The summed E-state index contributed by atoms with van der Waals surface area (Å²) in [5.41, 5.74) is 2.19. The molecule has 0 aliphatic rings. The number of halogens is 2. The van der Waals surface area contributed by atoms with Crippen LogP contribution in [0, 0.1) is 5.82 Å². The van der Waals surface area contributed by atoms with Crippen molar-refractivity contribution in [2.75, 3.05) is 7.11 Å². The largest absolute Gasteiger partial charge is 0.477 e. The number of hydrogen-bond donors (Lipinski definition) is 2. The number of nitrogens with zero attached hydrogens (tertiary/aromatic N) is 3. The number of aliphatic imine (C=N–C) groups is 1. The predicted octanol–water partition coefficient (Wildman–Crippen LogP) is 1.93. The van der Waals surface area contributed by atoms with Crippen LogP contribution >= 0.6 is 11.6 Å². The van der Waals surface area contributed by atoms with E-state index < -0.39 is 5.82 Å². The number of ether oxygens (including phenoxy) is 1. The Kier molecular flexibility index (Phi) is 3.93. The molecule has 2 aromatic rings. The second-order valence-electron chi connectivity index (χ2n) is 3.29. The lowest BCUT2D eigenvalue weighted by Gasteiger charge is -2.02. The molecule has 100 valence electrons. The highest BCUT2D eigenvalue weighted by atomic mass is 35.5. The van der Waals surface area contributed by atoms with Crippen molar-refractivity contribution in [3.8, 4) is 5.88 Å². The zero-order valence-corrected chi connectivity index (χ0v) is 10.3. The van der Waals surface area contributed by atoms with Crippen molar-refractivity contribution in [3.63, 3.8) is 0 Å². The minimum atomic E-state index is -0.570. The smallest absolute Gasteiger partial charge is 0.287 e. The highest BCUT2D eigenvalue weighted by molar-refractivity contribution is 6.31. The number of hydrogen-bond acceptors (Lipinski definition) is 6. The van der Waals surface area contributed by atoms with Crippen LogP contribution in [0.5, 0.6) is 5.88 Å². The SMILES string of the molecule is COc1nonc1C(=Nc1ccc(F)c(Cl)c1)NO. The summed E-state index contributed by atoms with van der Waals surface area (Å²) >= 11 is 5.63. The van der Waals surface area contributed by atoms with E-state index in [2.05, 4.69) is 19.9 Å². The van der Waals surface area contributed by atoms with Crippen LogP contribution in [0.3, 0.4) is 0 Å². The molecule has 0 saturated heterocycles. The molecule has 0 radical (unpaired) electrons. The summed E-state index contributed by atoms with van der Waals surface area (Å²) in [6.45, 7) is 0. The fourth-order valence-corrected chi connectivity index (χ4v) is 1.45. The second-order valence-corrected chi connectivity index (χ2v) is 3.70. The van der Waals surface area contributed by atoms with Gasteiger partial charge in [-0.15, -0.1) is 0 Å². The van der Waals surface area contributed by atoms with Gasteiger partial charge in [-0.2, -0.15) is 0 Å². The highest BCUT2D eigenvalue weighted by Gasteiger charge is 2.17. The standard InChI is InChI=1S/C10H8ClFN4O3/c1-18-10-8(15-19-16-10)9(14-17)13-5-2-3-7(12)6(11)4-5/h2-4,17H,1H3,(H,13,14). The molecule has 2 N–H and O–H groups in total. The van der Waals surface area contributed by atoms with Crippen molar-refractivity contribution in [2.24, 2.45) is 4.99 Å². The molecule has 0 bridgehead atoms. The van der Waals surface area contributed by atoms with Gasteiger partial charge in [0.1, 0.15) is 5.82 Å². The Bertz CT molecular complexity index is 617. The van der Waals surface area contributed by atoms with Crippen molar-refractivity contribution < 1.29 is 19.0 Å². The molecule has 9 heteroatoms. The van der Waals surface area contributed by atoms with Crippen LogP contribution < -0.4 is 10.2 Å². The van der Waals surface area contributed by atoms with E-state index in [1.807, 2.05) is 5.48 Å². The molecule has 0 unspecified atom stereocenters. The molecule has 0 aliphatic heterocycles. The summed E-state index contributed by atoms with van der Waals surface area (Å²) in [5, 5.41) is 15.9. The summed E-state index contributed by atoms with van der Waals surface area (Å²) < 4.78 is 22.3. The van der Waals surface area contributed by atoms with Gasteiger partial charge in [-0.3, -0.25) is 10.7 Å². The topological polar surface area (TPSA) is 92.8 Å². The number of aromatic nitrogens is 2. The summed E-state index contributed by atoms with van der Waals surface area (Å²) in [7, 11) is 1.35. The van der Waals surface area contributed by atoms with Gasteiger partial charge < -0.3 is 4.74 Å². The molecule has 7 nitrogen and oxygen atoms in total. The zero-order valence-electron chi connectivity index (χ0n) is 9.59. The van der Waals surface area contributed by atoms with Crippen LogP contribution in [0.4, 0.5) is 10.1 Å². The molecule has 0 aliphatic carbocycles. The van der Waals surface area contributed by atoms with Crippen molar-refractivity contribution in [1.29, 1.82) is 0 Å². The van der Waals surface area contributed by atoms with E-state index in [0.717, 1.165) is 6.07 Å². The normalized spacial score (nSPS) is 11.5. The Labute approximate surface area is 111 Å². The van der Waals surface area contributed by atoms with Crippen LogP contribution in [0.15, 0.2) is 27.8 Å². The van der Waals surface area contributed by atoms with E-state index in [1.54, 1.807) is 0 Å². The van der Waals surface area contributed by atoms with Crippen molar-refractivity contribution in [3.05, 3.63) is 34.7 Å². The highest BCUT2D eigenvalue weighted by Crippen LogP contribution is 2.23. The maximum absolute atomic E-state index is 13.0. The molecule has 19 heavy (non-hydrogen) atoms. The maximum atomic E-state index is 13.0. The van der Waals surface area contributed by atoms with Gasteiger partial charge in [-0.25, -0.2) is 14.0 Å². The Morgan fingerprint density at radius 1 is 1.53 bits per heavy atom. The lowest BCUT2D eigenvalue weighted by molar-refractivity contribution is 0.233. The van der Waals surface area contributed by atoms with Gasteiger partial charge in [0.15, 0.2) is 5.84 Å². The maximum Gasteiger partial charge on any atom is 0.287 e. The van der Waals surface area contributed by atoms with Crippen molar-refractivity contribution >= 4 is 23.1 Å². The number of amidine groups is 1. The van der Waals surface area contributed by atoms with Gasteiger partial charge in [0.05, 0.1) is 17.8 Å². The Hall–Kier alpha value is -2.19. The van der Waals surface area contributed by atoms with Crippen LogP contribution in [0.2, 0.25) is 5.02 Å². The van der Waals surface area contributed by atoms with Gasteiger partial charge >= 0.3 is 0 Å². The third-order valence-electron chi connectivity index (χ3n) is 2.13. The molecular weight excluding hydrogens is 279 g/mol. The van der Waals surface area contributed by atoms with E-state index in [0.29, 0.717) is 5.69 Å². The number of methoxy groups -OCH3 is 1. The lowest BCUT2D eigenvalue weighted by Crippen LogP contribution is -2.21. The molecular formula is C10H8ClFN4O3. The minimum absolute atomic E-state index is 0.0357. The predicted molar refractivity (Wildman–Crippen MR) is 63.4 cm³/mol. The molecule has 0 fully saturated rings. The first-order valence-electron chi connectivity index (χ1n) is 4.96. The quantitative estimate of drug-likeness (QED) is 0.509. The summed E-state index contributed by atoms with van der Waals surface area (Å²) in [6.07, 6.45) is 0. The van der Waals surface area contributed by atoms with Crippen LogP contribution in [0.1, 0.15) is 5.69 Å². The molecule has 0 saturated carbocycles. The van der Waals surface area contributed by atoms with E-state index in [9.17, 15) is 4.39 Å². The monoisotopic (exact) mass is 286 g/mol. The van der Waals surface area contributed by atoms with Gasteiger partial charge in [0, 0.05) is 0 Å². The fourth-order valence-electron chi connectivity index (χ4n) is 1.27. The van der Waals surface area contributed by atoms with E-state index in [1.165, 1.54) is 19.2 Å². The molecule has 2 rings (SSSR count). The number of hydroxylamine groups is 1. The number of benzene rings is 1. The van der Waals surface area contributed by atoms with Gasteiger partial charge in [0.25, 0.3) is 5.88 Å². The Morgan fingerprint density at radius 2 is 2.32 bits per heavy atom. The van der Waals surface area contributed by atoms with E-state index in [4.69, 9.17) is 21.5 Å². The van der Waals surface area contributed by atoms with Crippen molar-refractivity contribution in [2.45, 2.75) is 0 Å². The van der Waals surface area contributed by atoms with Crippen LogP contribution in [-0.2, 0) is 0 Å². The van der Waals surface area contributed by atoms with Crippen molar-refractivity contribution in [1.82, 2.24) is 15.8 Å². The molecule has 1 aromatic carbocycles. The molecule has 0 spiro atoms. The van der Waals surface area contributed by atoms with Crippen LogP contribution in [0.25, 0.3) is 0 Å². The third-order valence-corrected chi connectivity index (χ3v) is 2.42. The first-order chi connectivity index (χ1) is 9.15. The summed E-state index contributed by atoms with van der Waals surface area (Å²) in [6, 6.07) is 3.81. The number of nitrogens with one attached hydrogen (secondary N) is 1. The zero-order chi connectivity index (χ0) is 13.8. The average Bonchev–Trinajstić information content (AvgIpc) is 2.88. The molecule has 1 aromatic heterocycles. The minimum Gasteiger partial charge on any atom is -0.477 e. The number of rotatable bonds is 3. The fraction of sp³-hybridized carbons (Fsp3) is 0.100. The molecule has 0 amide bonds. The molecule has 1 heterocycles. The molecule has 0 atom stereocenters. The average molecular weight is 287 g/mol. The van der Waals surface area contributed by atoms with Crippen LogP contribution in [-0.4, -0.2) is 28.5 Å². The van der Waals surface area contributed by atoms with E-state index >= 15 is 0 Å². The lowest BCUT2D eigenvalue weighted by atomic mass is 10.3. The van der Waals surface area contributed by atoms with Gasteiger partial charge in [-0.1, -0.05) is 11.6 Å². The van der Waals surface area contributed by atoms with E-state index in [-0.39, 0.29) is 22.4 Å². The Balaban J connectivity index is 2.41. The van der Waals surface area contributed by atoms with Gasteiger partial charge in [0.2, 0.25) is 5.69 Å². The second kappa shape index (κ2) is 5.63. The first-order valence-corrected chi connectivity index (χ1v) is 5.34. The Morgan fingerprint density at radius 3 is 2.95 bits per heavy atom. The summed E-state index contributed by atoms with van der Waals surface area (Å²) in [4.78, 5) is 3.99. The third kappa shape index (κ3) is 2.80. The summed E-state index contributed by atoms with van der Waals surface area (Å²) in [5.74, 6) is -0.617. The van der Waals surface area contributed by atoms with Gasteiger partial charge in [-0.05, 0) is 28.5 Å². The first kappa shape index (κ1) is 13.2.